The lowest BCUT2D eigenvalue weighted by Crippen LogP contribution is -2.20. The van der Waals surface area contributed by atoms with Crippen LogP contribution in [0.2, 0.25) is 0 Å². The van der Waals surface area contributed by atoms with Crippen LogP contribution in [0.4, 0.5) is 10.1 Å². The van der Waals surface area contributed by atoms with Crippen molar-refractivity contribution in [1.29, 1.82) is 0 Å². The molecule has 3 nitrogen and oxygen atoms in total. The second-order valence-electron chi connectivity index (χ2n) is 4.20. The number of halogens is 1. The second-order valence-corrected chi connectivity index (χ2v) is 4.20. The summed E-state index contributed by atoms with van der Waals surface area (Å²) in [7, 11) is 1.87. The third kappa shape index (κ3) is 4.32. The van der Waals surface area contributed by atoms with Crippen LogP contribution in [0, 0.1) is 5.82 Å². The molecule has 0 saturated carbocycles. The number of unbranched alkanes of at least 4 members (excludes halogenated alkanes) is 2. The van der Waals surface area contributed by atoms with Gasteiger partial charge in [0.2, 0.25) is 0 Å². The normalized spacial score (nSPS) is 10.6. The summed E-state index contributed by atoms with van der Waals surface area (Å²) in [4.78, 5) is 1.90. The zero-order chi connectivity index (χ0) is 12.7. The van der Waals surface area contributed by atoms with Gasteiger partial charge in [0, 0.05) is 26.7 Å². The highest BCUT2D eigenvalue weighted by Gasteiger charge is 2.07. The molecule has 3 N–H and O–H groups in total. The molecule has 96 valence electrons. The van der Waals surface area contributed by atoms with Crippen LogP contribution in [0.5, 0.6) is 0 Å². The van der Waals surface area contributed by atoms with Gasteiger partial charge in [-0.15, -0.1) is 0 Å². The molecule has 4 heteroatoms. The predicted octanol–water partition coefficient (Wildman–Crippen LogP) is 1.88. The second kappa shape index (κ2) is 7.25. The number of benzene rings is 1. The van der Waals surface area contributed by atoms with Crippen LogP contribution in [0.25, 0.3) is 0 Å². The molecule has 1 aromatic rings. The van der Waals surface area contributed by atoms with Crippen molar-refractivity contribution in [2.45, 2.75) is 25.8 Å². The molecule has 0 aliphatic carbocycles. The molecule has 0 aliphatic rings. The fourth-order valence-corrected chi connectivity index (χ4v) is 1.74. The van der Waals surface area contributed by atoms with E-state index in [1.54, 1.807) is 6.07 Å². The van der Waals surface area contributed by atoms with Gasteiger partial charge in [0.15, 0.2) is 0 Å². The molecule has 0 aliphatic heterocycles. The number of nitrogens with zero attached hydrogens (tertiary/aromatic N) is 1. The van der Waals surface area contributed by atoms with Crippen LogP contribution in [0.3, 0.4) is 0 Å². The molecule has 1 rings (SSSR count). The van der Waals surface area contributed by atoms with E-state index in [-0.39, 0.29) is 12.4 Å². The first kappa shape index (κ1) is 13.9. The maximum Gasteiger partial charge on any atom is 0.146 e. The minimum atomic E-state index is -0.224. The summed E-state index contributed by atoms with van der Waals surface area (Å²) < 4.78 is 13.7. The third-order valence-electron chi connectivity index (χ3n) is 2.81. The SMILES string of the molecule is CN(CCCCCO)c1ccc(CN)cc1F. The first-order valence-electron chi connectivity index (χ1n) is 5.99. The van der Waals surface area contributed by atoms with Crippen molar-refractivity contribution in [3.05, 3.63) is 29.6 Å². The fraction of sp³-hybridized carbons (Fsp3) is 0.538. The van der Waals surface area contributed by atoms with Crippen molar-refractivity contribution in [1.82, 2.24) is 0 Å². The zero-order valence-corrected chi connectivity index (χ0v) is 10.3. The fourth-order valence-electron chi connectivity index (χ4n) is 1.74. The number of hydrogen-bond donors (Lipinski definition) is 2. The Morgan fingerprint density at radius 3 is 2.65 bits per heavy atom. The molecule has 0 unspecified atom stereocenters. The van der Waals surface area contributed by atoms with Crippen LogP contribution in [-0.2, 0) is 6.54 Å². The average molecular weight is 240 g/mol. The number of aliphatic hydroxyl groups excluding tert-OH is 1. The lowest BCUT2D eigenvalue weighted by Gasteiger charge is -2.20. The Morgan fingerprint density at radius 2 is 2.06 bits per heavy atom. The van der Waals surface area contributed by atoms with Crippen molar-refractivity contribution in [2.24, 2.45) is 5.73 Å². The van der Waals surface area contributed by atoms with Crippen molar-refractivity contribution < 1.29 is 9.50 Å². The van der Waals surface area contributed by atoms with Crippen LogP contribution < -0.4 is 10.6 Å². The van der Waals surface area contributed by atoms with Gasteiger partial charge >= 0.3 is 0 Å². The van der Waals surface area contributed by atoms with Gasteiger partial charge in [-0.05, 0) is 37.0 Å². The molecule has 0 amide bonds. The Hall–Kier alpha value is -1.13. The van der Waals surface area contributed by atoms with E-state index in [0.717, 1.165) is 31.4 Å². The zero-order valence-electron chi connectivity index (χ0n) is 10.3. The standard InChI is InChI=1S/C13H21FN2O/c1-16(7-3-2-4-8-17)13-6-5-11(10-15)9-12(13)14/h5-6,9,17H,2-4,7-8,10,15H2,1H3. The highest BCUT2D eigenvalue weighted by Crippen LogP contribution is 2.19. The van der Waals surface area contributed by atoms with E-state index in [4.69, 9.17) is 10.8 Å². The van der Waals surface area contributed by atoms with Crippen molar-refractivity contribution in [2.75, 3.05) is 25.1 Å². The van der Waals surface area contributed by atoms with Crippen molar-refractivity contribution in [3.63, 3.8) is 0 Å². The highest BCUT2D eigenvalue weighted by atomic mass is 19.1. The van der Waals surface area contributed by atoms with Crippen LogP contribution in [0.1, 0.15) is 24.8 Å². The third-order valence-corrected chi connectivity index (χ3v) is 2.81. The van der Waals surface area contributed by atoms with E-state index in [2.05, 4.69) is 0 Å². The van der Waals surface area contributed by atoms with E-state index < -0.39 is 0 Å². The van der Waals surface area contributed by atoms with Gasteiger partial charge in [-0.25, -0.2) is 4.39 Å². The maximum absolute atomic E-state index is 13.7. The van der Waals surface area contributed by atoms with E-state index in [1.165, 1.54) is 6.07 Å². The number of aliphatic hydroxyl groups is 1. The molecule has 0 radical (unpaired) electrons. The number of hydrogen-bond acceptors (Lipinski definition) is 3. The summed E-state index contributed by atoms with van der Waals surface area (Å²) in [5, 5.41) is 8.66. The van der Waals surface area contributed by atoms with Gasteiger partial charge in [-0.3, -0.25) is 0 Å². The predicted molar refractivity (Wildman–Crippen MR) is 68.5 cm³/mol. The van der Waals surface area contributed by atoms with E-state index >= 15 is 0 Å². The summed E-state index contributed by atoms with van der Waals surface area (Å²) in [5.41, 5.74) is 6.86. The Balaban J connectivity index is 2.53. The van der Waals surface area contributed by atoms with Gasteiger partial charge < -0.3 is 15.7 Å². The summed E-state index contributed by atoms with van der Waals surface area (Å²) in [6, 6.07) is 5.10. The molecule has 0 saturated heterocycles. The summed E-state index contributed by atoms with van der Waals surface area (Å²) in [6.45, 7) is 1.37. The molecule has 0 spiro atoms. The molecular weight excluding hydrogens is 219 g/mol. The number of anilines is 1. The Kier molecular flexibility index (Phi) is 5.94. The van der Waals surface area contributed by atoms with Gasteiger partial charge in [0.05, 0.1) is 5.69 Å². The Labute approximate surface area is 102 Å². The quantitative estimate of drug-likeness (QED) is 0.715. The molecule has 0 atom stereocenters. The number of rotatable bonds is 7. The highest BCUT2D eigenvalue weighted by molar-refractivity contribution is 5.48. The lowest BCUT2D eigenvalue weighted by atomic mass is 10.1. The summed E-state index contributed by atoms with van der Waals surface area (Å²) in [5.74, 6) is -0.224. The van der Waals surface area contributed by atoms with Gasteiger partial charge in [0.25, 0.3) is 0 Å². The van der Waals surface area contributed by atoms with Crippen LogP contribution >= 0.6 is 0 Å². The minimum absolute atomic E-state index is 0.224. The van der Waals surface area contributed by atoms with Crippen molar-refractivity contribution in [3.8, 4) is 0 Å². The molecular formula is C13H21FN2O. The molecule has 1 aromatic carbocycles. The minimum Gasteiger partial charge on any atom is -0.396 e. The van der Waals surface area contributed by atoms with E-state index in [0.29, 0.717) is 12.2 Å². The Morgan fingerprint density at radius 1 is 1.29 bits per heavy atom. The molecule has 0 fully saturated rings. The molecule has 17 heavy (non-hydrogen) atoms. The number of nitrogens with two attached hydrogens (primary N) is 1. The van der Waals surface area contributed by atoms with Gasteiger partial charge in [-0.2, -0.15) is 0 Å². The topological polar surface area (TPSA) is 49.5 Å². The van der Waals surface area contributed by atoms with Crippen LogP contribution in [0.15, 0.2) is 18.2 Å². The summed E-state index contributed by atoms with van der Waals surface area (Å²) >= 11 is 0. The first-order chi connectivity index (χ1) is 8.19. The van der Waals surface area contributed by atoms with Gasteiger partial charge in [0.1, 0.15) is 5.82 Å². The lowest BCUT2D eigenvalue weighted by molar-refractivity contribution is 0.283. The Bertz CT molecular complexity index is 344. The first-order valence-corrected chi connectivity index (χ1v) is 5.99. The molecule has 0 heterocycles. The largest absolute Gasteiger partial charge is 0.396 e. The molecule has 0 bridgehead atoms. The van der Waals surface area contributed by atoms with Crippen LogP contribution in [-0.4, -0.2) is 25.3 Å². The average Bonchev–Trinajstić information content (AvgIpc) is 2.34. The monoisotopic (exact) mass is 240 g/mol. The summed E-state index contributed by atoms with van der Waals surface area (Å²) in [6.07, 6.45) is 2.72. The van der Waals surface area contributed by atoms with E-state index in [1.807, 2.05) is 18.0 Å². The smallest absolute Gasteiger partial charge is 0.146 e. The van der Waals surface area contributed by atoms with Gasteiger partial charge in [-0.1, -0.05) is 6.07 Å². The van der Waals surface area contributed by atoms with E-state index in [9.17, 15) is 4.39 Å². The van der Waals surface area contributed by atoms with Crippen molar-refractivity contribution >= 4 is 5.69 Å². The molecule has 0 aromatic heterocycles. The maximum atomic E-state index is 13.7.